The summed E-state index contributed by atoms with van der Waals surface area (Å²) in [5, 5.41) is 15.4. The van der Waals surface area contributed by atoms with Gasteiger partial charge in [0.1, 0.15) is 6.67 Å². The minimum Gasteiger partial charge on any atom is -0.262 e. The molecule has 2 rings (SSSR count). The van der Waals surface area contributed by atoms with Crippen LogP contribution in [0, 0.1) is 17.0 Å². The molecule has 0 bridgehead atoms. The number of hydrogen-bond acceptors (Lipinski definition) is 3. The summed E-state index contributed by atoms with van der Waals surface area (Å²) in [7, 11) is 0. The van der Waals surface area contributed by atoms with Crippen LogP contribution in [0.1, 0.15) is 5.69 Å². The molecule has 16 heavy (non-hydrogen) atoms. The highest BCUT2D eigenvalue weighted by atomic mass is 19.1. The normalized spacial score (nSPS) is 10.9. The van der Waals surface area contributed by atoms with Crippen LogP contribution in [-0.2, 0) is 6.54 Å². The molecule has 0 aliphatic rings. The number of nitrogens with zero attached hydrogens (tertiary/aromatic N) is 3. The zero-order valence-electron chi connectivity index (χ0n) is 8.68. The van der Waals surface area contributed by atoms with Gasteiger partial charge in [-0.25, -0.2) is 4.39 Å². The lowest BCUT2D eigenvalue weighted by Gasteiger charge is -1.98. The Kier molecular flexibility index (Phi) is 2.55. The fourth-order valence-corrected chi connectivity index (χ4v) is 1.69. The molecule has 0 saturated carbocycles. The largest absolute Gasteiger partial charge is 0.270 e. The fraction of sp³-hybridized carbons (Fsp3) is 0.300. The summed E-state index contributed by atoms with van der Waals surface area (Å²) in [5.41, 5.74) is 1.42. The van der Waals surface area contributed by atoms with Crippen LogP contribution in [0.15, 0.2) is 18.2 Å². The smallest absolute Gasteiger partial charge is 0.262 e. The SMILES string of the molecule is Cc1nn(CCF)c2ccc([N+](=O)[O-])cc12. The van der Waals surface area contributed by atoms with E-state index < -0.39 is 11.6 Å². The second-order valence-electron chi connectivity index (χ2n) is 3.46. The summed E-state index contributed by atoms with van der Waals surface area (Å²) in [4.78, 5) is 10.2. The van der Waals surface area contributed by atoms with Crippen molar-refractivity contribution in [3.05, 3.63) is 34.0 Å². The Morgan fingerprint density at radius 3 is 2.94 bits per heavy atom. The maximum Gasteiger partial charge on any atom is 0.270 e. The van der Waals surface area contributed by atoms with Gasteiger partial charge in [-0.05, 0) is 13.0 Å². The van der Waals surface area contributed by atoms with Gasteiger partial charge in [-0.1, -0.05) is 0 Å². The molecule has 5 nitrogen and oxygen atoms in total. The molecule has 0 aliphatic carbocycles. The summed E-state index contributed by atoms with van der Waals surface area (Å²) in [6, 6.07) is 4.47. The van der Waals surface area contributed by atoms with Crippen molar-refractivity contribution < 1.29 is 9.31 Å². The highest BCUT2D eigenvalue weighted by Crippen LogP contribution is 2.23. The molecule has 0 radical (unpaired) electrons. The summed E-state index contributed by atoms with van der Waals surface area (Å²) >= 11 is 0. The van der Waals surface area contributed by atoms with Crippen LogP contribution in [0.25, 0.3) is 10.9 Å². The van der Waals surface area contributed by atoms with Gasteiger partial charge in [0.2, 0.25) is 0 Å². The van der Waals surface area contributed by atoms with E-state index in [0.29, 0.717) is 11.1 Å². The average molecular weight is 223 g/mol. The number of aromatic nitrogens is 2. The number of non-ortho nitro benzene ring substituents is 1. The summed E-state index contributed by atoms with van der Waals surface area (Å²) in [5.74, 6) is 0. The van der Waals surface area contributed by atoms with Crippen LogP contribution in [0.3, 0.4) is 0 Å². The van der Waals surface area contributed by atoms with E-state index in [1.165, 1.54) is 16.8 Å². The number of halogens is 1. The topological polar surface area (TPSA) is 61.0 Å². The molecule has 84 valence electrons. The molecule has 0 N–H and O–H groups in total. The molecule has 0 aliphatic heterocycles. The molecular weight excluding hydrogens is 213 g/mol. The maximum atomic E-state index is 12.3. The van der Waals surface area contributed by atoms with E-state index in [-0.39, 0.29) is 12.2 Å². The number of nitro groups is 1. The van der Waals surface area contributed by atoms with Gasteiger partial charge in [-0.2, -0.15) is 5.10 Å². The van der Waals surface area contributed by atoms with Crippen molar-refractivity contribution in [3.63, 3.8) is 0 Å². The van der Waals surface area contributed by atoms with Crippen LogP contribution in [-0.4, -0.2) is 21.4 Å². The average Bonchev–Trinajstić information content (AvgIpc) is 2.56. The second-order valence-corrected chi connectivity index (χ2v) is 3.46. The number of alkyl halides is 1. The predicted octanol–water partition coefficient (Wildman–Crippen LogP) is 2.22. The molecular formula is C10H10FN3O2. The van der Waals surface area contributed by atoms with Gasteiger partial charge in [0.15, 0.2) is 0 Å². The van der Waals surface area contributed by atoms with Crippen LogP contribution in [0.2, 0.25) is 0 Å². The maximum absolute atomic E-state index is 12.3. The Balaban J connectivity index is 2.61. The van der Waals surface area contributed by atoms with E-state index >= 15 is 0 Å². The number of fused-ring (bicyclic) bond motifs is 1. The van der Waals surface area contributed by atoms with Crippen LogP contribution >= 0.6 is 0 Å². The first-order chi connectivity index (χ1) is 7.63. The van der Waals surface area contributed by atoms with Gasteiger partial charge in [0, 0.05) is 17.5 Å². The van der Waals surface area contributed by atoms with E-state index in [1.54, 1.807) is 13.0 Å². The molecule has 1 heterocycles. The third-order valence-corrected chi connectivity index (χ3v) is 2.43. The van der Waals surface area contributed by atoms with Crippen molar-refractivity contribution >= 4 is 16.6 Å². The number of benzene rings is 1. The summed E-state index contributed by atoms with van der Waals surface area (Å²) < 4.78 is 13.8. The van der Waals surface area contributed by atoms with Crippen molar-refractivity contribution in [2.75, 3.05) is 6.67 Å². The van der Waals surface area contributed by atoms with E-state index in [9.17, 15) is 14.5 Å². The Hall–Kier alpha value is -1.98. The van der Waals surface area contributed by atoms with Crippen molar-refractivity contribution in [3.8, 4) is 0 Å². The Morgan fingerprint density at radius 1 is 1.56 bits per heavy atom. The zero-order chi connectivity index (χ0) is 11.7. The lowest BCUT2D eigenvalue weighted by molar-refractivity contribution is -0.384. The highest BCUT2D eigenvalue weighted by Gasteiger charge is 2.12. The minimum absolute atomic E-state index is 0.0235. The first kappa shape index (κ1) is 10.5. The molecule has 1 aromatic carbocycles. The number of rotatable bonds is 3. The third kappa shape index (κ3) is 1.62. The first-order valence-electron chi connectivity index (χ1n) is 4.81. The van der Waals surface area contributed by atoms with E-state index in [4.69, 9.17) is 0 Å². The van der Waals surface area contributed by atoms with Crippen molar-refractivity contribution in [1.82, 2.24) is 9.78 Å². The van der Waals surface area contributed by atoms with Crippen molar-refractivity contribution in [1.29, 1.82) is 0 Å². The van der Waals surface area contributed by atoms with Gasteiger partial charge < -0.3 is 0 Å². The third-order valence-electron chi connectivity index (χ3n) is 2.43. The molecule has 0 saturated heterocycles. The standard InChI is InChI=1S/C10H10FN3O2/c1-7-9-6-8(14(15)16)2-3-10(9)13(12-7)5-4-11/h2-3,6H,4-5H2,1H3. The van der Waals surface area contributed by atoms with Gasteiger partial charge in [-0.15, -0.1) is 0 Å². The molecule has 0 atom stereocenters. The van der Waals surface area contributed by atoms with Gasteiger partial charge in [0.25, 0.3) is 5.69 Å². The summed E-state index contributed by atoms with van der Waals surface area (Å²) in [6.07, 6.45) is 0. The van der Waals surface area contributed by atoms with Gasteiger partial charge in [-0.3, -0.25) is 14.8 Å². The van der Waals surface area contributed by atoms with Crippen molar-refractivity contribution in [2.24, 2.45) is 0 Å². The Morgan fingerprint density at radius 2 is 2.31 bits per heavy atom. The van der Waals surface area contributed by atoms with E-state index in [0.717, 1.165) is 5.52 Å². The molecule has 0 spiro atoms. The highest BCUT2D eigenvalue weighted by molar-refractivity contribution is 5.84. The number of nitro benzene ring substituents is 1. The molecule has 0 amide bonds. The van der Waals surface area contributed by atoms with Gasteiger partial charge in [0.05, 0.1) is 22.7 Å². The van der Waals surface area contributed by atoms with Crippen LogP contribution in [0.4, 0.5) is 10.1 Å². The van der Waals surface area contributed by atoms with E-state index in [2.05, 4.69) is 5.10 Å². The van der Waals surface area contributed by atoms with Gasteiger partial charge >= 0.3 is 0 Å². The van der Waals surface area contributed by atoms with Crippen LogP contribution < -0.4 is 0 Å². The molecule has 6 heteroatoms. The zero-order valence-corrected chi connectivity index (χ0v) is 8.68. The Bertz CT molecular complexity index is 550. The molecule has 0 unspecified atom stereocenters. The monoisotopic (exact) mass is 223 g/mol. The summed E-state index contributed by atoms with van der Waals surface area (Å²) in [6.45, 7) is 1.41. The lowest BCUT2D eigenvalue weighted by Crippen LogP contribution is -2.01. The molecule has 2 aromatic rings. The van der Waals surface area contributed by atoms with E-state index in [1.807, 2.05) is 0 Å². The fourth-order valence-electron chi connectivity index (χ4n) is 1.69. The molecule has 1 aromatic heterocycles. The second kappa shape index (κ2) is 3.88. The predicted molar refractivity (Wildman–Crippen MR) is 57.1 cm³/mol. The number of aryl methyl sites for hydroxylation is 2. The quantitative estimate of drug-likeness (QED) is 0.592. The first-order valence-corrected chi connectivity index (χ1v) is 4.81. The minimum atomic E-state index is -0.507. The lowest BCUT2D eigenvalue weighted by atomic mass is 10.2. The van der Waals surface area contributed by atoms with Crippen LogP contribution in [0.5, 0.6) is 0 Å². The Labute approximate surface area is 90.6 Å². The molecule has 0 fully saturated rings. The number of hydrogen-bond donors (Lipinski definition) is 0. The van der Waals surface area contributed by atoms with Crippen molar-refractivity contribution in [2.45, 2.75) is 13.5 Å².